The summed E-state index contributed by atoms with van der Waals surface area (Å²) in [4.78, 5) is 22.2. The van der Waals surface area contributed by atoms with Crippen LogP contribution in [0.2, 0.25) is 0 Å². The zero-order chi connectivity index (χ0) is 15.1. The Balaban J connectivity index is 2.31. The number of nitrogens with one attached hydrogen (secondary N) is 2. The van der Waals surface area contributed by atoms with E-state index in [4.69, 9.17) is 10.2 Å². The summed E-state index contributed by atoms with van der Waals surface area (Å²) < 4.78 is 0. The van der Waals surface area contributed by atoms with Crippen LogP contribution in [-0.2, 0) is 4.79 Å². The van der Waals surface area contributed by atoms with Gasteiger partial charge in [-0.1, -0.05) is 26.7 Å². The molecule has 1 rings (SSSR count). The second-order valence-corrected chi connectivity index (χ2v) is 5.84. The van der Waals surface area contributed by atoms with Crippen LogP contribution < -0.4 is 10.6 Å². The van der Waals surface area contributed by atoms with E-state index >= 15 is 0 Å². The molecule has 0 aromatic carbocycles. The SMILES string of the molecule is CC(C)C1CCCCC1NC(=O)NCC[C@H](O)C(=O)O. The topological polar surface area (TPSA) is 98.7 Å². The Bertz CT molecular complexity index is 333. The van der Waals surface area contributed by atoms with Gasteiger partial charge in [-0.3, -0.25) is 0 Å². The van der Waals surface area contributed by atoms with E-state index in [-0.39, 0.29) is 25.0 Å². The summed E-state index contributed by atoms with van der Waals surface area (Å²) in [5.41, 5.74) is 0. The third-order valence-electron chi connectivity index (χ3n) is 3.98. The summed E-state index contributed by atoms with van der Waals surface area (Å²) >= 11 is 0. The molecule has 3 atom stereocenters. The van der Waals surface area contributed by atoms with Crippen LogP contribution in [0.3, 0.4) is 0 Å². The van der Waals surface area contributed by atoms with Crippen molar-refractivity contribution in [3.63, 3.8) is 0 Å². The monoisotopic (exact) mass is 286 g/mol. The molecule has 20 heavy (non-hydrogen) atoms. The summed E-state index contributed by atoms with van der Waals surface area (Å²) in [6, 6.07) is -0.0896. The number of urea groups is 1. The molecule has 0 spiro atoms. The average Bonchev–Trinajstić information content (AvgIpc) is 2.38. The number of hydrogen-bond donors (Lipinski definition) is 4. The lowest BCUT2D eigenvalue weighted by atomic mass is 9.78. The maximum absolute atomic E-state index is 11.8. The molecule has 1 saturated carbocycles. The van der Waals surface area contributed by atoms with Crippen LogP contribution in [0.15, 0.2) is 0 Å². The maximum atomic E-state index is 11.8. The summed E-state index contributed by atoms with van der Waals surface area (Å²) in [7, 11) is 0. The fraction of sp³-hybridized carbons (Fsp3) is 0.857. The van der Waals surface area contributed by atoms with Gasteiger partial charge in [0.15, 0.2) is 6.10 Å². The number of carbonyl (C=O) groups excluding carboxylic acids is 1. The summed E-state index contributed by atoms with van der Waals surface area (Å²) in [6.45, 7) is 4.50. The molecule has 0 aromatic heterocycles. The first-order valence-corrected chi connectivity index (χ1v) is 7.37. The molecule has 1 aliphatic rings. The fourth-order valence-corrected chi connectivity index (χ4v) is 2.80. The summed E-state index contributed by atoms with van der Waals surface area (Å²) in [5, 5.41) is 23.2. The van der Waals surface area contributed by atoms with Crippen LogP contribution >= 0.6 is 0 Å². The molecule has 0 saturated heterocycles. The van der Waals surface area contributed by atoms with Gasteiger partial charge in [-0.2, -0.15) is 0 Å². The number of amides is 2. The van der Waals surface area contributed by atoms with Crippen LogP contribution in [0.25, 0.3) is 0 Å². The highest BCUT2D eigenvalue weighted by atomic mass is 16.4. The van der Waals surface area contributed by atoms with Crippen molar-refractivity contribution in [3.8, 4) is 0 Å². The lowest BCUT2D eigenvalue weighted by molar-refractivity contribution is -0.146. The molecule has 2 amide bonds. The van der Waals surface area contributed by atoms with Crippen molar-refractivity contribution in [1.29, 1.82) is 0 Å². The molecule has 0 aliphatic heterocycles. The van der Waals surface area contributed by atoms with Gasteiger partial charge in [-0.05, 0) is 24.7 Å². The average molecular weight is 286 g/mol. The minimum atomic E-state index is -1.42. The Morgan fingerprint density at radius 3 is 2.50 bits per heavy atom. The van der Waals surface area contributed by atoms with Gasteiger partial charge < -0.3 is 20.8 Å². The number of hydrogen-bond acceptors (Lipinski definition) is 3. The van der Waals surface area contributed by atoms with Crippen LogP contribution in [0.5, 0.6) is 0 Å². The minimum absolute atomic E-state index is 0.0149. The molecule has 1 aliphatic carbocycles. The number of rotatable bonds is 6. The van der Waals surface area contributed by atoms with Gasteiger partial charge in [0.05, 0.1) is 0 Å². The second-order valence-electron chi connectivity index (χ2n) is 5.84. The lowest BCUT2D eigenvalue weighted by Gasteiger charge is -2.34. The van der Waals surface area contributed by atoms with Crippen molar-refractivity contribution in [1.82, 2.24) is 10.6 Å². The Morgan fingerprint density at radius 1 is 1.25 bits per heavy atom. The maximum Gasteiger partial charge on any atom is 0.332 e. The standard InChI is InChI=1S/C14H26N2O4/c1-9(2)10-5-3-4-6-11(10)16-14(20)15-8-7-12(17)13(18)19/h9-12,17H,3-8H2,1-2H3,(H,18,19)(H2,15,16,20)/t10?,11?,12-/m0/s1. The van der Waals surface area contributed by atoms with Crippen LogP contribution in [0.4, 0.5) is 4.79 Å². The number of aliphatic hydroxyl groups excluding tert-OH is 1. The first-order chi connectivity index (χ1) is 9.41. The summed E-state index contributed by atoms with van der Waals surface area (Å²) in [5.74, 6) is -0.229. The van der Waals surface area contributed by atoms with Gasteiger partial charge in [0.25, 0.3) is 0 Å². The predicted octanol–water partition coefficient (Wildman–Crippen LogP) is 1.34. The number of aliphatic hydroxyl groups is 1. The fourth-order valence-electron chi connectivity index (χ4n) is 2.80. The van der Waals surface area contributed by atoms with Crippen molar-refractivity contribution >= 4 is 12.0 Å². The van der Waals surface area contributed by atoms with E-state index in [1.807, 2.05) is 0 Å². The highest BCUT2D eigenvalue weighted by molar-refractivity contribution is 5.74. The third kappa shape index (κ3) is 5.36. The van der Waals surface area contributed by atoms with E-state index in [1.54, 1.807) is 0 Å². The molecule has 2 unspecified atom stereocenters. The molecular weight excluding hydrogens is 260 g/mol. The molecule has 6 nitrogen and oxygen atoms in total. The first kappa shape index (κ1) is 16.8. The van der Waals surface area contributed by atoms with Gasteiger partial charge in [0, 0.05) is 19.0 Å². The van der Waals surface area contributed by atoms with E-state index in [1.165, 1.54) is 6.42 Å². The second kappa shape index (κ2) is 8.09. The minimum Gasteiger partial charge on any atom is -0.479 e. The Kier molecular flexibility index (Phi) is 6.78. The van der Waals surface area contributed by atoms with E-state index < -0.39 is 12.1 Å². The van der Waals surface area contributed by atoms with Crippen molar-refractivity contribution in [2.75, 3.05) is 6.54 Å². The molecule has 116 valence electrons. The largest absolute Gasteiger partial charge is 0.479 e. The predicted molar refractivity (Wildman–Crippen MR) is 75.4 cm³/mol. The third-order valence-corrected chi connectivity index (χ3v) is 3.98. The number of carboxylic acid groups (broad SMARTS) is 1. The molecule has 0 heterocycles. The quantitative estimate of drug-likeness (QED) is 0.592. The van der Waals surface area contributed by atoms with Crippen LogP contribution in [0.1, 0.15) is 46.0 Å². The van der Waals surface area contributed by atoms with E-state index in [2.05, 4.69) is 24.5 Å². The molecule has 0 radical (unpaired) electrons. The normalized spacial score (nSPS) is 24.2. The van der Waals surface area contributed by atoms with Crippen LogP contribution in [0, 0.1) is 11.8 Å². The molecule has 0 bridgehead atoms. The van der Waals surface area contributed by atoms with Crippen molar-refractivity contribution in [3.05, 3.63) is 0 Å². The van der Waals surface area contributed by atoms with E-state index in [9.17, 15) is 9.59 Å². The van der Waals surface area contributed by atoms with Crippen molar-refractivity contribution in [2.24, 2.45) is 11.8 Å². The Morgan fingerprint density at radius 2 is 1.90 bits per heavy atom. The smallest absolute Gasteiger partial charge is 0.332 e. The van der Waals surface area contributed by atoms with Crippen LogP contribution in [-0.4, -0.2) is 40.9 Å². The van der Waals surface area contributed by atoms with Gasteiger partial charge >= 0.3 is 12.0 Å². The zero-order valence-electron chi connectivity index (χ0n) is 12.3. The van der Waals surface area contributed by atoms with Crippen molar-refractivity contribution in [2.45, 2.75) is 58.1 Å². The number of carbonyl (C=O) groups is 2. The molecule has 0 aromatic rings. The van der Waals surface area contributed by atoms with E-state index in [0.29, 0.717) is 11.8 Å². The summed E-state index contributed by atoms with van der Waals surface area (Å²) in [6.07, 6.45) is 3.07. The zero-order valence-corrected chi connectivity index (χ0v) is 12.3. The Labute approximate surface area is 119 Å². The van der Waals surface area contributed by atoms with Gasteiger partial charge in [-0.15, -0.1) is 0 Å². The van der Waals surface area contributed by atoms with Gasteiger partial charge in [0.2, 0.25) is 0 Å². The lowest BCUT2D eigenvalue weighted by Crippen LogP contribution is -2.48. The van der Waals surface area contributed by atoms with E-state index in [0.717, 1.165) is 19.3 Å². The molecule has 6 heteroatoms. The molecule has 4 N–H and O–H groups in total. The highest BCUT2D eigenvalue weighted by Crippen LogP contribution is 2.30. The van der Waals surface area contributed by atoms with Gasteiger partial charge in [0.1, 0.15) is 0 Å². The molecular formula is C14H26N2O4. The first-order valence-electron chi connectivity index (χ1n) is 7.37. The number of aliphatic carboxylic acids is 1. The van der Waals surface area contributed by atoms with Crippen molar-refractivity contribution < 1.29 is 19.8 Å². The van der Waals surface area contributed by atoms with Gasteiger partial charge in [-0.25, -0.2) is 9.59 Å². The highest BCUT2D eigenvalue weighted by Gasteiger charge is 2.28. The Hall–Kier alpha value is -1.30. The number of carboxylic acids is 1. The molecule has 1 fully saturated rings.